The molecule has 1 fully saturated rings. The van der Waals surface area contributed by atoms with Gasteiger partial charge in [-0.1, -0.05) is 0 Å². The molecule has 1 unspecified atom stereocenters. The van der Waals surface area contributed by atoms with Gasteiger partial charge in [-0.05, 0) is 31.2 Å². The van der Waals surface area contributed by atoms with Gasteiger partial charge in [0.05, 0.1) is 5.92 Å². The third-order valence-electron chi connectivity index (χ3n) is 2.61. The maximum absolute atomic E-state index is 11.8. The largest absolute Gasteiger partial charge is 0.299 e. The fourth-order valence-electron chi connectivity index (χ4n) is 1.51. The lowest BCUT2D eigenvalue weighted by atomic mass is 9.95. The highest BCUT2D eigenvalue weighted by Gasteiger charge is 2.35. The van der Waals surface area contributed by atoms with Crippen LogP contribution < -0.4 is 0 Å². The summed E-state index contributed by atoms with van der Waals surface area (Å²) in [5, 5.41) is 3.67. The van der Waals surface area contributed by atoms with Crippen LogP contribution in [0.15, 0.2) is 16.8 Å². The van der Waals surface area contributed by atoms with Crippen LogP contribution in [0.1, 0.15) is 30.1 Å². The summed E-state index contributed by atoms with van der Waals surface area (Å²) in [5.74, 6) is -0.172. The maximum atomic E-state index is 11.8. The maximum Gasteiger partial charge on any atom is 0.173 e. The standard InChI is InChI=1S/C11H12O2S/c1-7(10(12)8-2-3-8)11(13)9-4-5-14-6-9/h4-8H,2-3H2,1H3. The Balaban J connectivity index is 2.07. The summed E-state index contributed by atoms with van der Waals surface area (Å²) >= 11 is 1.49. The summed E-state index contributed by atoms with van der Waals surface area (Å²) in [6, 6.07) is 1.78. The Kier molecular flexibility index (Phi) is 2.50. The zero-order chi connectivity index (χ0) is 10.1. The number of carbonyl (C=O) groups excluding carboxylic acids is 2. The molecule has 1 aromatic heterocycles. The minimum absolute atomic E-state index is 0.0249. The van der Waals surface area contributed by atoms with E-state index >= 15 is 0 Å². The Morgan fingerprint density at radius 1 is 1.50 bits per heavy atom. The van der Waals surface area contributed by atoms with Crippen molar-refractivity contribution in [1.82, 2.24) is 0 Å². The molecular formula is C11H12O2S. The van der Waals surface area contributed by atoms with E-state index in [0.29, 0.717) is 5.56 Å². The van der Waals surface area contributed by atoms with Crippen LogP contribution in [0.3, 0.4) is 0 Å². The van der Waals surface area contributed by atoms with Crippen molar-refractivity contribution in [2.45, 2.75) is 19.8 Å². The molecule has 0 spiro atoms. The van der Waals surface area contributed by atoms with E-state index in [1.165, 1.54) is 11.3 Å². The topological polar surface area (TPSA) is 34.1 Å². The smallest absolute Gasteiger partial charge is 0.173 e. The van der Waals surface area contributed by atoms with Crippen molar-refractivity contribution >= 4 is 22.9 Å². The van der Waals surface area contributed by atoms with Crippen LogP contribution >= 0.6 is 11.3 Å². The average molecular weight is 208 g/mol. The minimum Gasteiger partial charge on any atom is -0.299 e. The van der Waals surface area contributed by atoms with Gasteiger partial charge in [0.1, 0.15) is 5.78 Å². The summed E-state index contributed by atoms with van der Waals surface area (Å²) < 4.78 is 0. The second kappa shape index (κ2) is 3.65. The van der Waals surface area contributed by atoms with Gasteiger partial charge in [-0.2, -0.15) is 11.3 Å². The first-order valence-electron chi connectivity index (χ1n) is 4.80. The molecule has 1 aliphatic rings. The summed E-state index contributed by atoms with van der Waals surface area (Å²) in [6.07, 6.45) is 1.94. The van der Waals surface area contributed by atoms with Gasteiger partial charge in [-0.25, -0.2) is 0 Å². The predicted octanol–water partition coefficient (Wildman–Crippen LogP) is 2.55. The van der Waals surface area contributed by atoms with Crippen LogP contribution in [0.25, 0.3) is 0 Å². The number of ketones is 2. The number of carbonyl (C=O) groups is 2. The molecule has 1 saturated carbocycles. The van der Waals surface area contributed by atoms with E-state index in [2.05, 4.69) is 0 Å². The Morgan fingerprint density at radius 2 is 2.21 bits per heavy atom. The number of Topliss-reactive ketones (excluding diaryl/α,β-unsaturated/α-hetero) is 2. The van der Waals surface area contributed by atoms with Crippen LogP contribution in [-0.4, -0.2) is 11.6 Å². The van der Waals surface area contributed by atoms with Crippen molar-refractivity contribution in [3.63, 3.8) is 0 Å². The van der Waals surface area contributed by atoms with E-state index in [9.17, 15) is 9.59 Å². The van der Waals surface area contributed by atoms with Crippen LogP contribution in [0.5, 0.6) is 0 Å². The molecular weight excluding hydrogens is 196 g/mol. The van der Waals surface area contributed by atoms with E-state index in [1.807, 2.05) is 5.38 Å². The first-order chi connectivity index (χ1) is 6.70. The van der Waals surface area contributed by atoms with Gasteiger partial charge in [0.2, 0.25) is 0 Å². The third kappa shape index (κ3) is 1.77. The van der Waals surface area contributed by atoms with Crippen molar-refractivity contribution in [3.8, 4) is 0 Å². The van der Waals surface area contributed by atoms with Crippen molar-refractivity contribution in [3.05, 3.63) is 22.4 Å². The molecule has 14 heavy (non-hydrogen) atoms. The van der Waals surface area contributed by atoms with Gasteiger partial charge < -0.3 is 0 Å². The molecule has 0 aromatic carbocycles. The van der Waals surface area contributed by atoms with E-state index in [1.54, 1.807) is 18.4 Å². The predicted molar refractivity (Wildman–Crippen MR) is 55.5 cm³/mol. The van der Waals surface area contributed by atoms with Gasteiger partial charge in [-0.15, -0.1) is 0 Å². The van der Waals surface area contributed by atoms with E-state index in [4.69, 9.17) is 0 Å². The van der Waals surface area contributed by atoms with Crippen LogP contribution in [0.2, 0.25) is 0 Å². The zero-order valence-electron chi connectivity index (χ0n) is 8.03. The Bertz CT molecular complexity index is 349. The first-order valence-corrected chi connectivity index (χ1v) is 5.74. The summed E-state index contributed by atoms with van der Waals surface area (Å²) in [5.41, 5.74) is 0.677. The molecule has 0 saturated heterocycles. The molecule has 0 bridgehead atoms. The SMILES string of the molecule is CC(C(=O)c1ccsc1)C(=O)C1CC1. The number of hydrogen-bond donors (Lipinski definition) is 0. The third-order valence-corrected chi connectivity index (χ3v) is 3.29. The van der Waals surface area contributed by atoms with Crippen molar-refractivity contribution < 1.29 is 9.59 Å². The fourth-order valence-corrected chi connectivity index (χ4v) is 2.15. The molecule has 74 valence electrons. The lowest BCUT2D eigenvalue weighted by molar-refractivity contribution is -0.122. The number of thiophene rings is 1. The van der Waals surface area contributed by atoms with E-state index in [-0.39, 0.29) is 17.5 Å². The normalized spacial score (nSPS) is 17.8. The lowest BCUT2D eigenvalue weighted by Crippen LogP contribution is -2.22. The number of hydrogen-bond acceptors (Lipinski definition) is 3. The quantitative estimate of drug-likeness (QED) is 0.563. The summed E-state index contributed by atoms with van der Waals surface area (Å²) in [7, 11) is 0. The van der Waals surface area contributed by atoms with E-state index < -0.39 is 5.92 Å². The molecule has 2 rings (SSSR count). The molecule has 0 radical (unpaired) electrons. The lowest BCUT2D eigenvalue weighted by Gasteiger charge is -2.06. The summed E-state index contributed by atoms with van der Waals surface area (Å²) in [6.45, 7) is 1.72. The average Bonchev–Trinajstić information content (AvgIpc) is 2.90. The second-order valence-electron chi connectivity index (χ2n) is 3.77. The number of rotatable bonds is 4. The molecule has 1 heterocycles. The zero-order valence-corrected chi connectivity index (χ0v) is 8.84. The summed E-state index contributed by atoms with van der Waals surface area (Å²) in [4.78, 5) is 23.4. The fraction of sp³-hybridized carbons (Fsp3) is 0.455. The molecule has 0 aliphatic heterocycles. The second-order valence-corrected chi connectivity index (χ2v) is 4.55. The Morgan fingerprint density at radius 3 is 2.71 bits per heavy atom. The van der Waals surface area contributed by atoms with Crippen LogP contribution in [-0.2, 0) is 4.79 Å². The van der Waals surface area contributed by atoms with Crippen molar-refractivity contribution in [2.24, 2.45) is 11.8 Å². The van der Waals surface area contributed by atoms with Crippen molar-refractivity contribution in [2.75, 3.05) is 0 Å². The van der Waals surface area contributed by atoms with Gasteiger partial charge in [0.15, 0.2) is 5.78 Å². The molecule has 2 nitrogen and oxygen atoms in total. The Labute approximate surface area is 86.9 Å². The monoisotopic (exact) mass is 208 g/mol. The van der Waals surface area contributed by atoms with Gasteiger partial charge >= 0.3 is 0 Å². The van der Waals surface area contributed by atoms with Gasteiger partial charge in [-0.3, -0.25) is 9.59 Å². The molecule has 1 aromatic rings. The highest BCUT2D eigenvalue weighted by atomic mass is 32.1. The van der Waals surface area contributed by atoms with Gasteiger partial charge in [0.25, 0.3) is 0 Å². The Hall–Kier alpha value is -0.960. The molecule has 0 N–H and O–H groups in total. The molecule has 3 heteroatoms. The highest BCUT2D eigenvalue weighted by Crippen LogP contribution is 2.33. The first kappa shape index (κ1) is 9.59. The molecule has 1 aliphatic carbocycles. The minimum atomic E-state index is -0.447. The van der Waals surface area contributed by atoms with Crippen LogP contribution in [0.4, 0.5) is 0 Å². The highest BCUT2D eigenvalue weighted by molar-refractivity contribution is 7.08. The van der Waals surface area contributed by atoms with Crippen LogP contribution in [0, 0.1) is 11.8 Å². The van der Waals surface area contributed by atoms with Crippen molar-refractivity contribution in [1.29, 1.82) is 0 Å². The van der Waals surface area contributed by atoms with E-state index in [0.717, 1.165) is 12.8 Å². The molecule has 0 amide bonds. The molecule has 1 atom stereocenters. The van der Waals surface area contributed by atoms with Gasteiger partial charge in [0, 0.05) is 16.9 Å².